The lowest BCUT2D eigenvalue weighted by Crippen LogP contribution is -2.46. The van der Waals surface area contributed by atoms with E-state index in [1.807, 2.05) is 47.4 Å². The SMILES string of the molecule is O=C(NC1CCC(O)CC1)C1CCN(C(=O)c2cccc3ccccc23)CC1. The molecule has 0 aromatic heterocycles. The number of hydrogen-bond acceptors (Lipinski definition) is 3. The first-order valence-corrected chi connectivity index (χ1v) is 10.4. The molecule has 2 amide bonds. The molecule has 5 heteroatoms. The topological polar surface area (TPSA) is 69.6 Å². The molecule has 0 unspecified atom stereocenters. The summed E-state index contributed by atoms with van der Waals surface area (Å²) in [6.45, 7) is 1.23. The highest BCUT2D eigenvalue weighted by Crippen LogP contribution is 2.25. The summed E-state index contributed by atoms with van der Waals surface area (Å²) in [4.78, 5) is 27.5. The van der Waals surface area contributed by atoms with E-state index < -0.39 is 0 Å². The minimum Gasteiger partial charge on any atom is -0.393 e. The second kappa shape index (κ2) is 8.31. The number of nitrogens with one attached hydrogen (secondary N) is 1. The van der Waals surface area contributed by atoms with Gasteiger partial charge in [-0.15, -0.1) is 0 Å². The fourth-order valence-corrected chi connectivity index (χ4v) is 4.47. The molecule has 28 heavy (non-hydrogen) atoms. The Balaban J connectivity index is 1.34. The summed E-state index contributed by atoms with van der Waals surface area (Å²) >= 11 is 0. The highest BCUT2D eigenvalue weighted by Gasteiger charge is 2.30. The molecule has 4 rings (SSSR count). The molecule has 2 aliphatic rings. The minimum absolute atomic E-state index is 0.0246. The van der Waals surface area contributed by atoms with Crippen LogP contribution in [0.25, 0.3) is 10.8 Å². The molecule has 0 bridgehead atoms. The molecule has 0 atom stereocenters. The number of carbonyl (C=O) groups excluding carboxylic acids is 2. The fraction of sp³-hybridized carbons (Fsp3) is 0.478. The van der Waals surface area contributed by atoms with E-state index in [4.69, 9.17) is 0 Å². The van der Waals surface area contributed by atoms with Crippen LogP contribution in [-0.4, -0.2) is 47.1 Å². The average molecular weight is 380 g/mol. The summed E-state index contributed by atoms with van der Waals surface area (Å²) in [5.74, 6) is 0.138. The van der Waals surface area contributed by atoms with Crippen LogP contribution in [0.15, 0.2) is 42.5 Å². The molecule has 0 spiro atoms. The Bertz CT molecular complexity index is 845. The Morgan fingerprint density at radius 1 is 0.893 bits per heavy atom. The smallest absolute Gasteiger partial charge is 0.254 e. The predicted molar refractivity (Wildman–Crippen MR) is 109 cm³/mol. The summed E-state index contributed by atoms with van der Waals surface area (Å²) in [7, 11) is 0. The first kappa shape index (κ1) is 18.9. The molecule has 2 aromatic carbocycles. The van der Waals surface area contributed by atoms with Crippen LogP contribution < -0.4 is 5.32 Å². The van der Waals surface area contributed by atoms with Crippen LogP contribution in [0.4, 0.5) is 0 Å². The van der Waals surface area contributed by atoms with E-state index in [-0.39, 0.29) is 29.9 Å². The number of likely N-dealkylation sites (tertiary alicyclic amines) is 1. The average Bonchev–Trinajstić information content (AvgIpc) is 2.74. The number of piperidine rings is 1. The van der Waals surface area contributed by atoms with Gasteiger partial charge in [-0.25, -0.2) is 0 Å². The summed E-state index contributed by atoms with van der Waals surface area (Å²) < 4.78 is 0. The number of hydrogen-bond donors (Lipinski definition) is 2. The van der Waals surface area contributed by atoms with Gasteiger partial charge in [-0.05, 0) is 55.4 Å². The molecule has 1 saturated heterocycles. The van der Waals surface area contributed by atoms with E-state index in [2.05, 4.69) is 5.32 Å². The third-order valence-corrected chi connectivity index (χ3v) is 6.22. The highest BCUT2D eigenvalue weighted by molar-refractivity contribution is 6.07. The number of benzene rings is 2. The first-order valence-electron chi connectivity index (χ1n) is 10.4. The lowest BCUT2D eigenvalue weighted by Gasteiger charge is -2.33. The molecule has 148 valence electrons. The molecular weight excluding hydrogens is 352 g/mol. The monoisotopic (exact) mass is 380 g/mol. The molecule has 1 saturated carbocycles. The zero-order chi connectivity index (χ0) is 19.5. The Kier molecular flexibility index (Phi) is 5.62. The third-order valence-electron chi connectivity index (χ3n) is 6.22. The van der Waals surface area contributed by atoms with Gasteiger partial charge in [-0.3, -0.25) is 9.59 Å². The fourth-order valence-electron chi connectivity index (χ4n) is 4.47. The maximum absolute atomic E-state index is 13.0. The van der Waals surface area contributed by atoms with Crippen LogP contribution in [0.2, 0.25) is 0 Å². The highest BCUT2D eigenvalue weighted by atomic mass is 16.3. The van der Waals surface area contributed by atoms with Crippen LogP contribution in [-0.2, 0) is 4.79 Å². The van der Waals surface area contributed by atoms with Crippen LogP contribution in [0, 0.1) is 5.92 Å². The minimum atomic E-state index is -0.212. The lowest BCUT2D eigenvalue weighted by molar-refractivity contribution is -0.127. The van der Waals surface area contributed by atoms with Gasteiger partial charge in [0.05, 0.1) is 6.10 Å². The van der Waals surface area contributed by atoms with Crippen molar-refractivity contribution in [3.05, 3.63) is 48.0 Å². The number of carbonyl (C=O) groups is 2. The van der Waals surface area contributed by atoms with Gasteiger partial charge in [0, 0.05) is 30.6 Å². The summed E-state index contributed by atoms with van der Waals surface area (Å²) in [6.07, 6.45) is 4.44. The van der Waals surface area contributed by atoms with Crippen molar-refractivity contribution >= 4 is 22.6 Å². The summed E-state index contributed by atoms with van der Waals surface area (Å²) in [5.41, 5.74) is 0.738. The molecule has 2 aromatic rings. The molecular formula is C23H28N2O3. The van der Waals surface area contributed by atoms with Gasteiger partial charge in [-0.2, -0.15) is 0 Å². The second-order valence-corrected chi connectivity index (χ2v) is 8.11. The lowest BCUT2D eigenvalue weighted by atomic mass is 9.91. The van der Waals surface area contributed by atoms with E-state index in [0.29, 0.717) is 25.9 Å². The van der Waals surface area contributed by atoms with Crippen molar-refractivity contribution in [1.29, 1.82) is 0 Å². The molecule has 0 radical (unpaired) electrons. The number of nitrogens with zero attached hydrogens (tertiary/aromatic N) is 1. The van der Waals surface area contributed by atoms with Crippen molar-refractivity contribution in [2.24, 2.45) is 5.92 Å². The molecule has 1 aliphatic heterocycles. The second-order valence-electron chi connectivity index (χ2n) is 8.11. The van der Waals surface area contributed by atoms with Crippen molar-refractivity contribution in [2.45, 2.75) is 50.7 Å². The van der Waals surface area contributed by atoms with Crippen molar-refractivity contribution in [2.75, 3.05) is 13.1 Å². The zero-order valence-corrected chi connectivity index (χ0v) is 16.1. The Hall–Kier alpha value is -2.40. The van der Waals surface area contributed by atoms with Crippen molar-refractivity contribution in [3.8, 4) is 0 Å². The Morgan fingerprint density at radius 3 is 2.32 bits per heavy atom. The predicted octanol–water partition coefficient (Wildman–Crippen LogP) is 3.11. The zero-order valence-electron chi connectivity index (χ0n) is 16.1. The number of fused-ring (bicyclic) bond motifs is 1. The van der Waals surface area contributed by atoms with E-state index >= 15 is 0 Å². The molecule has 2 fully saturated rings. The van der Waals surface area contributed by atoms with Crippen LogP contribution in [0.1, 0.15) is 48.9 Å². The summed E-state index contributed by atoms with van der Waals surface area (Å²) in [5, 5.41) is 14.8. The maximum Gasteiger partial charge on any atom is 0.254 e. The van der Waals surface area contributed by atoms with E-state index in [0.717, 1.165) is 42.0 Å². The van der Waals surface area contributed by atoms with Crippen LogP contribution in [0.5, 0.6) is 0 Å². The molecule has 5 nitrogen and oxygen atoms in total. The quantitative estimate of drug-likeness (QED) is 0.860. The van der Waals surface area contributed by atoms with Gasteiger partial charge in [-0.1, -0.05) is 36.4 Å². The van der Waals surface area contributed by atoms with Gasteiger partial charge in [0.15, 0.2) is 0 Å². The van der Waals surface area contributed by atoms with Gasteiger partial charge >= 0.3 is 0 Å². The maximum atomic E-state index is 13.0. The largest absolute Gasteiger partial charge is 0.393 e. The van der Waals surface area contributed by atoms with E-state index in [1.54, 1.807) is 0 Å². The third kappa shape index (κ3) is 4.04. The first-order chi connectivity index (χ1) is 13.6. The Morgan fingerprint density at radius 2 is 1.57 bits per heavy atom. The Labute approximate surface area is 165 Å². The number of rotatable bonds is 3. The standard InChI is InChI=1S/C23H28N2O3/c26-19-10-8-18(9-11-19)24-22(27)17-12-14-25(15-13-17)23(28)21-7-3-5-16-4-1-2-6-20(16)21/h1-7,17-19,26H,8-15H2,(H,24,27). The molecule has 1 heterocycles. The van der Waals surface area contributed by atoms with E-state index in [9.17, 15) is 14.7 Å². The number of aliphatic hydroxyl groups is 1. The van der Waals surface area contributed by atoms with Crippen molar-refractivity contribution in [1.82, 2.24) is 10.2 Å². The normalized spacial score (nSPS) is 23.5. The van der Waals surface area contributed by atoms with Crippen LogP contribution >= 0.6 is 0 Å². The van der Waals surface area contributed by atoms with Crippen molar-refractivity contribution < 1.29 is 14.7 Å². The molecule has 2 N–H and O–H groups in total. The van der Waals surface area contributed by atoms with Crippen LogP contribution in [0.3, 0.4) is 0 Å². The van der Waals surface area contributed by atoms with E-state index in [1.165, 1.54) is 0 Å². The van der Waals surface area contributed by atoms with Gasteiger partial charge in [0.2, 0.25) is 5.91 Å². The summed E-state index contributed by atoms with van der Waals surface area (Å²) in [6, 6.07) is 14.0. The number of aliphatic hydroxyl groups excluding tert-OH is 1. The van der Waals surface area contributed by atoms with Gasteiger partial charge in [0.25, 0.3) is 5.91 Å². The van der Waals surface area contributed by atoms with Crippen molar-refractivity contribution in [3.63, 3.8) is 0 Å². The number of amides is 2. The van der Waals surface area contributed by atoms with Gasteiger partial charge < -0.3 is 15.3 Å². The molecule has 1 aliphatic carbocycles. The van der Waals surface area contributed by atoms with Gasteiger partial charge in [0.1, 0.15) is 0 Å².